The molecule has 2 aromatic carbocycles. The highest BCUT2D eigenvalue weighted by Crippen LogP contribution is 2.26. The van der Waals surface area contributed by atoms with Gasteiger partial charge in [0.1, 0.15) is 5.82 Å². The Hall–Kier alpha value is -2.27. The summed E-state index contributed by atoms with van der Waals surface area (Å²) in [5, 5.41) is 14.1. The number of nitro benzene ring substituents is 1. The van der Waals surface area contributed by atoms with E-state index in [4.69, 9.17) is 0 Å². The van der Waals surface area contributed by atoms with Crippen molar-refractivity contribution in [2.24, 2.45) is 0 Å². The molecule has 0 atom stereocenters. The Balaban J connectivity index is 1.88. The summed E-state index contributed by atoms with van der Waals surface area (Å²) in [6.45, 7) is 0.485. The summed E-state index contributed by atoms with van der Waals surface area (Å²) in [5.41, 5.74) is 2.13. The Morgan fingerprint density at radius 2 is 1.95 bits per heavy atom. The van der Waals surface area contributed by atoms with Gasteiger partial charge in [-0.2, -0.15) is 0 Å². The van der Waals surface area contributed by atoms with Gasteiger partial charge in [-0.3, -0.25) is 10.1 Å². The van der Waals surface area contributed by atoms with Gasteiger partial charge in [-0.05, 0) is 36.1 Å². The van der Waals surface area contributed by atoms with Gasteiger partial charge in [-0.25, -0.2) is 4.39 Å². The molecule has 3 rings (SSSR count). The third-order valence-corrected chi connectivity index (χ3v) is 3.59. The molecule has 0 bridgehead atoms. The second-order valence-electron chi connectivity index (χ2n) is 5.27. The van der Waals surface area contributed by atoms with Gasteiger partial charge >= 0.3 is 0 Å². The van der Waals surface area contributed by atoms with Gasteiger partial charge in [0.2, 0.25) is 0 Å². The lowest BCUT2D eigenvalue weighted by atomic mass is 10.0. The maximum absolute atomic E-state index is 13.8. The van der Waals surface area contributed by atoms with Crippen LogP contribution >= 0.6 is 0 Å². The molecule has 0 aromatic heterocycles. The third kappa shape index (κ3) is 3.25. The average Bonchev–Trinajstić information content (AvgIpc) is 3.31. The van der Waals surface area contributed by atoms with Crippen molar-refractivity contribution in [2.75, 3.05) is 0 Å². The Kier molecular flexibility index (Phi) is 3.66. The van der Waals surface area contributed by atoms with Crippen LogP contribution in [0.3, 0.4) is 0 Å². The van der Waals surface area contributed by atoms with Crippen LogP contribution in [0.15, 0.2) is 42.5 Å². The van der Waals surface area contributed by atoms with E-state index < -0.39 is 4.92 Å². The van der Waals surface area contributed by atoms with E-state index in [1.165, 1.54) is 18.2 Å². The Bertz CT molecular complexity index is 684. The molecule has 5 heteroatoms. The number of hydrogen-bond donors (Lipinski definition) is 1. The van der Waals surface area contributed by atoms with E-state index in [1.807, 2.05) is 0 Å². The van der Waals surface area contributed by atoms with Crippen LogP contribution in [0.1, 0.15) is 18.4 Å². The molecule has 108 valence electrons. The Morgan fingerprint density at radius 1 is 1.19 bits per heavy atom. The van der Waals surface area contributed by atoms with Crippen molar-refractivity contribution in [1.29, 1.82) is 0 Å². The van der Waals surface area contributed by atoms with Gasteiger partial charge in [0, 0.05) is 30.3 Å². The lowest BCUT2D eigenvalue weighted by Crippen LogP contribution is -2.16. The minimum atomic E-state index is -0.428. The van der Waals surface area contributed by atoms with Crippen LogP contribution in [0.25, 0.3) is 11.1 Å². The summed E-state index contributed by atoms with van der Waals surface area (Å²) in [6, 6.07) is 11.7. The summed E-state index contributed by atoms with van der Waals surface area (Å²) in [6.07, 6.45) is 2.29. The zero-order valence-corrected chi connectivity index (χ0v) is 11.4. The number of nitrogens with one attached hydrogen (secondary N) is 1. The molecule has 0 aliphatic heterocycles. The first-order chi connectivity index (χ1) is 10.1. The van der Waals surface area contributed by atoms with Crippen LogP contribution in [0.5, 0.6) is 0 Å². The van der Waals surface area contributed by atoms with E-state index >= 15 is 0 Å². The van der Waals surface area contributed by atoms with Gasteiger partial charge in [-0.15, -0.1) is 0 Å². The second-order valence-corrected chi connectivity index (χ2v) is 5.27. The molecule has 1 saturated carbocycles. The SMILES string of the molecule is O=[N+]([O-])c1cccc(-c2ccc(F)c(CNC3CC3)c2)c1. The first kappa shape index (κ1) is 13.7. The summed E-state index contributed by atoms with van der Waals surface area (Å²) in [5.74, 6) is -0.252. The molecule has 0 saturated heterocycles. The first-order valence-electron chi connectivity index (χ1n) is 6.90. The summed E-state index contributed by atoms with van der Waals surface area (Å²) >= 11 is 0. The zero-order chi connectivity index (χ0) is 14.8. The van der Waals surface area contributed by atoms with Crippen LogP contribution in [-0.2, 0) is 6.54 Å². The molecule has 4 nitrogen and oxygen atoms in total. The highest BCUT2D eigenvalue weighted by molar-refractivity contribution is 5.66. The van der Waals surface area contributed by atoms with Crippen LogP contribution in [0.4, 0.5) is 10.1 Å². The van der Waals surface area contributed by atoms with Crippen LogP contribution in [0, 0.1) is 15.9 Å². The number of benzene rings is 2. The smallest absolute Gasteiger partial charge is 0.270 e. The van der Waals surface area contributed by atoms with Crippen molar-refractivity contribution in [3.8, 4) is 11.1 Å². The lowest BCUT2D eigenvalue weighted by molar-refractivity contribution is -0.384. The molecule has 0 radical (unpaired) electrons. The lowest BCUT2D eigenvalue weighted by Gasteiger charge is -2.08. The van der Waals surface area contributed by atoms with Crippen molar-refractivity contribution in [2.45, 2.75) is 25.4 Å². The number of rotatable bonds is 5. The minimum Gasteiger partial charge on any atom is -0.310 e. The zero-order valence-electron chi connectivity index (χ0n) is 11.4. The second kappa shape index (κ2) is 5.61. The summed E-state index contributed by atoms with van der Waals surface area (Å²) < 4.78 is 13.8. The molecule has 21 heavy (non-hydrogen) atoms. The molecule has 0 heterocycles. The van der Waals surface area contributed by atoms with Gasteiger partial charge in [0.05, 0.1) is 4.92 Å². The Labute approximate surface area is 121 Å². The number of nitrogens with zero attached hydrogens (tertiary/aromatic N) is 1. The van der Waals surface area contributed by atoms with Gasteiger partial charge in [-0.1, -0.05) is 18.2 Å². The normalized spacial score (nSPS) is 14.1. The first-order valence-corrected chi connectivity index (χ1v) is 6.90. The highest BCUT2D eigenvalue weighted by Gasteiger charge is 2.20. The van der Waals surface area contributed by atoms with Gasteiger partial charge in [0.25, 0.3) is 5.69 Å². The van der Waals surface area contributed by atoms with Crippen LogP contribution in [-0.4, -0.2) is 11.0 Å². The monoisotopic (exact) mass is 286 g/mol. The van der Waals surface area contributed by atoms with Gasteiger partial charge in [0.15, 0.2) is 0 Å². The number of nitro groups is 1. The number of halogens is 1. The quantitative estimate of drug-likeness (QED) is 0.674. The maximum atomic E-state index is 13.8. The number of non-ortho nitro benzene ring substituents is 1. The molecule has 0 amide bonds. The molecule has 1 aliphatic rings. The fraction of sp³-hybridized carbons (Fsp3) is 0.250. The molecule has 2 aromatic rings. The van der Waals surface area contributed by atoms with E-state index in [-0.39, 0.29) is 11.5 Å². The van der Waals surface area contributed by atoms with E-state index in [2.05, 4.69) is 5.32 Å². The molecule has 1 fully saturated rings. The number of hydrogen-bond acceptors (Lipinski definition) is 3. The topological polar surface area (TPSA) is 55.2 Å². The molecular formula is C16H15FN2O2. The van der Waals surface area contributed by atoms with Crippen molar-refractivity contribution >= 4 is 5.69 Å². The molecule has 1 aliphatic carbocycles. The highest BCUT2D eigenvalue weighted by atomic mass is 19.1. The van der Waals surface area contributed by atoms with Crippen molar-refractivity contribution < 1.29 is 9.31 Å². The van der Waals surface area contributed by atoms with E-state index in [0.29, 0.717) is 18.2 Å². The largest absolute Gasteiger partial charge is 0.310 e. The minimum absolute atomic E-state index is 0.0366. The van der Waals surface area contributed by atoms with E-state index in [1.54, 1.807) is 24.3 Å². The maximum Gasteiger partial charge on any atom is 0.270 e. The third-order valence-electron chi connectivity index (χ3n) is 3.59. The molecule has 0 unspecified atom stereocenters. The van der Waals surface area contributed by atoms with Gasteiger partial charge < -0.3 is 5.32 Å². The van der Waals surface area contributed by atoms with Crippen molar-refractivity contribution in [1.82, 2.24) is 5.32 Å². The molecule has 0 spiro atoms. The molecule has 1 N–H and O–H groups in total. The van der Waals surface area contributed by atoms with Crippen molar-refractivity contribution in [3.63, 3.8) is 0 Å². The fourth-order valence-corrected chi connectivity index (χ4v) is 2.23. The standard InChI is InChI=1S/C16H15FN2O2/c17-16-7-4-12(8-13(16)10-18-14-5-6-14)11-2-1-3-15(9-11)19(20)21/h1-4,7-9,14,18H,5-6,10H2. The van der Waals surface area contributed by atoms with Crippen molar-refractivity contribution in [3.05, 3.63) is 64.0 Å². The predicted octanol–water partition coefficient (Wildman–Crippen LogP) is 3.65. The average molecular weight is 286 g/mol. The van der Waals surface area contributed by atoms with E-state index in [0.717, 1.165) is 24.0 Å². The fourth-order valence-electron chi connectivity index (χ4n) is 2.23. The predicted molar refractivity (Wildman–Crippen MR) is 78.4 cm³/mol. The Morgan fingerprint density at radius 3 is 2.67 bits per heavy atom. The molecular weight excluding hydrogens is 271 g/mol. The summed E-state index contributed by atoms with van der Waals surface area (Å²) in [4.78, 5) is 10.4. The summed E-state index contributed by atoms with van der Waals surface area (Å²) in [7, 11) is 0. The van der Waals surface area contributed by atoms with Crippen LogP contribution in [0.2, 0.25) is 0 Å². The van der Waals surface area contributed by atoms with E-state index in [9.17, 15) is 14.5 Å². The van der Waals surface area contributed by atoms with Crippen LogP contribution < -0.4 is 5.32 Å².